The third-order valence-electron chi connectivity index (χ3n) is 4.23. The number of tetrazole rings is 1. The number of halogens is 1. The summed E-state index contributed by atoms with van der Waals surface area (Å²) in [6.45, 7) is 0.485. The minimum atomic E-state index is -0.277. The van der Waals surface area contributed by atoms with Crippen LogP contribution >= 0.6 is 11.3 Å². The van der Waals surface area contributed by atoms with Crippen molar-refractivity contribution in [1.29, 1.82) is 0 Å². The third kappa shape index (κ3) is 5.29. The van der Waals surface area contributed by atoms with Gasteiger partial charge in [-0.1, -0.05) is 53.8 Å². The summed E-state index contributed by atoms with van der Waals surface area (Å²) in [5.41, 5.74) is 1.83. The van der Waals surface area contributed by atoms with Crippen LogP contribution in [-0.2, 0) is 17.8 Å². The van der Waals surface area contributed by atoms with Crippen molar-refractivity contribution in [3.05, 3.63) is 71.0 Å². The molecule has 8 nitrogen and oxygen atoms in total. The Morgan fingerprint density at radius 2 is 1.83 bits per heavy atom. The number of aryl methyl sites for hydroxylation is 1. The number of nitrogens with zero attached hydrogens (tertiary/aromatic N) is 6. The summed E-state index contributed by atoms with van der Waals surface area (Å²) in [4.78, 5) is 13.6. The van der Waals surface area contributed by atoms with E-state index in [-0.39, 0.29) is 11.7 Å². The van der Waals surface area contributed by atoms with Gasteiger partial charge in [0, 0.05) is 18.4 Å². The summed E-state index contributed by atoms with van der Waals surface area (Å²) in [5.74, 6) is 0.131. The van der Waals surface area contributed by atoms with Gasteiger partial charge in [-0.2, -0.15) is 4.80 Å². The molecule has 0 aliphatic rings. The maximum atomic E-state index is 13.0. The first-order valence-corrected chi connectivity index (χ1v) is 10.2. The van der Waals surface area contributed by atoms with Crippen LogP contribution in [0.4, 0.5) is 9.52 Å². The van der Waals surface area contributed by atoms with E-state index in [1.54, 1.807) is 12.1 Å². The molecule has 2 aromatic heterocycles. The molecule has 2 aromatic carbocycles. The molecule has 2 heterocycles. The zero-order valence-corrected chi connectivity index (χ0v) is 16.7. The fourth-order valence-electron chi connectivity index (χ4n) is 2.76. The molecule has 0 fully saturated rings. The van der Waals surface area contributed by atoms with Crippen LogP contribution in [0, 0.1) is 5.82 Å². The van der Waals surface area contributed by atoms with Gasteiger partial charge in [-0.05, 0) is 29.3 Å². The van der Waals surface area contributed by atoms with Gasteiger partial charge in [0.15, 0.2) is 0 Å². The predicted molar refractivity (Wildman–Crippen MR) is 110 cm³/mol. The molecule has 0 spiro atoms. The molecule has 0 radical (unpaired) electrons. The smallest absolute Gasteiger partial charge is 0.226 e. The van der Waals surface area contributed by atoms with Gasteiger partial charge in [0.1, 0.15) is 10.8 Å². The molecule has 0 saturated carbocycles. The standard InChI is InChI=1S/C20H18FN7OS/c21-16-10-8-14(9-11-16)13-18-23-25-20(30-18)22-17(29)7-4-12-28-26-19(24-27-28)15-5-2-1-3-6-15/h1-3,5-6,8-11H,4,7,12-13H2,(H,22,25,29). The second kappa shape index (κ2) is 9.31. The zero-order chi connectivity index (χ0) is 20.8. The lowest BCUT2D eigenvalue weighted by atomic mass is 10.2. The lowest BCUT2D eigenvalue weighted by Gasteiger charge is -2.00. The van der Waals surface area contributed by atoms with Gasteiger partial charge >= 0.3 is 0 Å². The van der Waals surface area contributed by atoms with E-state index < -0.39 is 0 Å². The Balaban J connectivity index is 1.23. The van der Waals surface area contributed by atoms with Crippen molar-refractivity contribution in [2.75, 3.05) is 5.32 Å². The van der Waals surface area contributed by atoms with E-state index in [0.29, 0.717) is 36.8 Å². The molecule has 1 amide bonds. The Morgan fingerprint density at radius 3 is 2.63 bits per heavy atom. The molecule has 4 rings (SSSR count). The Morgan fingerprint density at radius 1 is 1.03 bits per heavy atom. The van der Waals surface area contributed by atoms with Gasteiger partial charge in [-0.15, -0.1) is 20.4 Å². The Hall–Kier alpha value is -3.53. The molecule has 30 heavy (non-hydrogen) atoms. The van der Waals surface area contributed by atoms with Gasteiger partial charge in [-0.3, -0.25) is 4.79 Å². The number of benzene rings is 2. The largest absolute Gasteiger partial charge is 0.301 e. The van der Waals surface area contributed by atoms with E-state index in [1.165, 1.54) is 28.3 Å². The molecule has 0 aliphatic carbocycles. The van der Waals surface area contributed by atoms with Crippen LogP contribution in [0.25, 0.3) is 11.4 Å². The summed E-state index contributed by atoms with van der Waals surface area (Å²) >= 11 is 1.30. The number of carbonyl (C=O) groups excluding carboxylic acids is 1. The molecular weight excluding hydrogens is 405 g/mol. The average Bonchev–Trinajstić information content (AvgIpc) is 3.40. The van der Waals surface area contributed by atoms with Crippen molar-refractivity contribution < 1.29 is 9.18 Å². The predicted octanol–water partition coefficient (Wildman–Crippen LogP) is 3.34. The van der Waals surface area contributed by atoms with Crippen LogP contribution in [-0.4, -0.2) is 36.3 Å². The molecular formula is C20H18FN7OS. The van der Waals surface area contributed by atoms with E-state index >= 15 is 0 Å². The highest BCUT2D eigenvalue weighted by molar-refractivity contribution is 7.15. The van der Waals surface area contributed by atoms with Crippen LogP contribution < -0.4 is 5.32 Å². The Bertz CT molecular complexity index is 1110. The number of amides is 1. The summed E-state index contributed by atoms with van der Waals surface area (Å²) in [7, 11) is 0. The van der Waals surface area contributed by atoms with Crippen molar-refractivity contribution >= 4 is 22.4 Å². The van der Waals surface area contributed by atoms with Crippen LogP contribution in [0.3, 0.4) is 0 Å². The highest BCUT2D eigenvalue weighted by atomic mass is 32.1. The van der Waals surface area contributed by atoms with Gasteiger partial charge in [0.2, 0.25) is 16.9 Å². The van der Waals surface area contributed by atoms with Crippen molar-refractivity contribution in [3.8, 4) is 11.4 Å². The van der Waals surface area contributed by atoms with Crippen molar-refractivity contribution in [2.45, 2.75) is 25.8 Å². The van der Waals surface area contributed by atoms with Gasteiger partial charge in [0.05, 0.1) is 6.54 Å². The van der Waals surface area contributed by atoms with Crippen LogP contribution in [0.5, 0.6) is 0 Å². The molecule has 152 valence electrons. The molecule has 0 saturated heterocycles. The molecule has 10 heteroatoms. The lowest BCUT2D eigenvalue weighted by molar-refractivity contribution is -0.116. The van der Waals surface area contributed by atoms with Crippen molar-refractivity contribution in [1.82, 2.24) is 30.4 Å². The fourth-order valence-corrected chi connectivity index (χ4v) is 3.55. The molecule has 0 atom stereocenters. The number of nitrogens with one attached hydrogen (secondary N) is 1. The van der Waals surface area contributed by atoms with Gasteiger partial charge in [0.25, 0.3) is 0 Å². The van der Waals surface area contributed by atoms with Gasteiger partial charge in [-0.25, -0.2) is 4.39 Å². The quantitative estimate of drug-likeness (QED) is 0.467. The molecule has 4 aromatic rings. The first-order valence-electron chi connectivity index (χ1n) is 9.35. The van der Waals surface area contributed by atoms with Crippen LogP contribution in [0.1, 0.15) is 23.4 Å². The Kier molecular flexibility index (Phi) is 6.14. The van der Waals surface area contributed by atoms with E-state index in [4.69, 9.17) is 0 Å². The third-order valence-corrected chi connectivity index (χ3v) is 5.07. The molecule has 0 bridgehead atoms. The van der Waals surface area contributed by atoms with Crippen LogP contribution in [0.2, 0.25) is 0 Å². The number of hydrogen-bond acceptors (Lipinski definition) is 7. The van der Waals surface area contributed by atoms with E-state index in [1.807, 2.05) is 30.3 Å². The zero-order valence-electron chi connectivity index (χ0n) is 15.9. The normalized spacial score (nSPS) is 10.8. The highest BCUT2D eigenvalue weighted by Crippen LogP contribution is 2.19. The van der Waals surface area contributed by atoms with Gasteiger partial charge < -0.3 is 5.32 Å². The second-order valence-corrected chi connectivity index (χ2v) is 7.59. The number of hydrogen-bond donors (Lipinski definition) is 1. The maximum absolute atomic E-state index is 13.0. The average molecular weight is 423 g/mol. The number of aromatic nitrogens is 6. The number of anilines is 1. The molecule has 1 N–H and O–H groups in total. The topological polar surface area (TPSA) is 98.5 Å². The number of carbonyl (C=O) groups is 1. The Labute approximate surface area is 175 Å². The summed E-state index contributed by atoms with van der Waals surface area (Å²) < 4.78 is 13.0. The highest BCUT2D eigenvalue weighted by Gasteiger charge is 2.10. The summed E-state index contributed by atoms with van der Waals surface area (Å²) in [6.07, 6.45) is 1.41. The first-order chi connectivity index (χ1) is 14.7. The fraction of sp³-hybridized carbons (Fsp3) is 0.200. The summed E-state index contributed by atoms with van der Waals surface area (Å²) in [6, 6.07) is 15.8. The second-order valence-electron chi connectivity index (χ2n) is 6.53. The van der Waals surface area contributed by atoms with E-state index in [9.17, 15) is 9.18 Å². The minimum Gasteiger partial charge on any atom is -0.301 e. The maximum Gasteiger partial charge on any atom is 0.226 e. The first kappa shape index (κ1) is 19.8. The van der Waals surface area contributed by atoms with E-state index in [0.717, 1.165) is 16.1 Å². The van der Waals surface area contributed by atoms with E-state index in [2.05, 4.69) is 30.9 Å². The van der Waals surface area contributed by atoms with Crippen molar-refractivity contribution in [2.24, 2.45) is 0 Å². The minimum absolute atomic E-state index is 0.150. The van der Waals surface area contributed by atoms with Crippen LogP contribution in [0.15, 0.2) is 54.6 Å². The van der Waals surface area contributed by atoms with Crippen molar-refractivity contribution in [3.63, 3.8) is 0 Å². The SMILES string of the molecule is O=C(CCCn1nnc(-c2ccccc2)n1)Nc1nnc(Cc2ccc(F)cc2)s1. The summed E-state index contributed by atoms with van der Waals surface area (Å²) in [5, 5.41) is 24.4. The molecule has 0 unspecified atom stereocenters. The monoisotopic (exact) mass is 423 g/mol. The lowest BCUT2D eigenvalue weighted by Crippen LogP contribution is -2.13. The molecule has 0 aliphatic heterocycles. The number of rotatable bonds is 8.